The predicted molar refractivity (Wildman–Crippen MR) is 76.9 cm³/mol. The Kier molecular flexibility index (Phi) is 5.94. The maximum Gasteiger partial charge on any atom is 0.325 e. The molecule has 0 atom stereocenters. The van der Waals surface area contributed by atoms with Crippen LogP contribution in [0.4, 0.5) is 0 Å². The third-order valence-corrected chi connectivity index (χ3v) is 3.28. The zero-order chi connectivity index (χ0) is 15.3. The van der Waals surface area contributed by atoms with Crippen molar-refractivity contribution in [3.8, 4) is 0 Å². The molecule has 0 fully saturated rings. The minimum atomic E-state index is -0.431. The molecule has 6 nitrogen and oxygen atoms in total. The van der Waals surface area contributed by atoms with Gasteiger partial charge in [-0.15, -0.1) is 11.8 Å². The van der Waals surface area contributed by atoms with E-state index in [1.807, 2.05) is 6.26 Å². The van der Waals surface area contributed by atoms with Crippen molar-refractivity contribution in [2.75, 3.05) is 26.5 Å². The van der Waals surface area contributed by atoms with E-state index in [1.54, 1.807) is 27.8 Å². The number of carbonyl (C=O) groups is 2. The van der Waals surface area contributed by atoms with Gasteiger partial charge in [-0.1, -0.05) is 0 Å². The first-order valence-corrected chi connectivity index (χ1v) is 7.43. The van der Waals surface area contributed by atoms with Gasteiger partial charge in [0.25, 0.3) is 5.91 Å². The molecule has 0 aliphatic carbocycles. The monoisotopic (exact) mass is 297 g/mol. The highest BCUT2D eigenvalue weighted by Gasteiger charge is 2.22. The molecule has 1 aromatic rings. The number of thioether (sulfide) groups is 1. The number of aryl methyl sites for hydroxylation is 2. The van der Waals surface area contributed by atoms with Crippen molar-refractivity contribution in [1.82, 2.24) is 14.9 Å². The standard InChI is InChI=1S/C13H19N3O3S/c1-6-19-10(17)7-16(4)13(18)11-8(2)14-9(3)15-12(11)20-5/h6-7H2,1-5H3. The van der Waals surface area contributed by atoms with Crippen LogP contribution >= 0.6 is 11.8 Å². The van der Waals surface area contributed by atoms with Gasteiger partial charge >= 0.3 is 5.97 Å². The van der Waals surface area contributed by atoms with Gasteiger partial charge in [0.05, 0.1) is 17.9 Å². The van der Waals surface area contributed by atoms with Crippen LogP contribution in [0, 0.1) is 13.8 Å². The van der Waals surface area contributed by atoms with E-state index in [1.165, 1.54) is 16.7 Å². The third-order valence-electron chi connectivity index (χ3n) is 2.59. The van der Waals surface area contributed by atoms with Gasteiger partial charge in [-0.05, 0) is 27.0 Å². The van der Waals surface area contributed by atoms with E-state index >= 15 is 0 Å². The largest absolute Gasteiger partial charge is 0.465 e. The molecule has 1 amide bonds. The predicted octanol–water partition coefficient (Wildman–Crippen LogP) is 1.45. The summed E-state index contributed by atoms with van der Waals surface area (Å²) in [7, 11) is 1.56. The quantitative estimate of drug-likeness (QED) is 0.465. The van der Waals surface area contributed by atoms with Gasteiger partial charge < -0.3 is 9.64 Å². The van der Waals surface area contributed by atoms with Gasteiger partial charge in [0.15, 0.2) is 0 Å². The molecule has 0 saturated heterocycles. The van der Waals surface area contributed by atoms with Gasteiger partial charge in [-0.2, -0.15) is 0 Å². The molecule has 0 aromatic carbocycles. The summed E-state index contributed by atoms with van der Waals surface area (Å²) in [6.07, 6.45) is 1.85. The fourth-order valence-corrected chi connectivity index (χ4v) is 2.40. The Morgan fingerprint density at radius 2 is 1.95 bits per heavy atom. The molecule has 0 saturated carbocycles. The molecule has 0 spiro atoms. The van der Waals surface area contributed by atoms with Crippen LogP contribution in [0.5, 0.6) is 0 Å². The molecular weight excluding hydrogens is 278 g/mol. The summed E-state index contributed by atoms with van der Waals surface area (Å²) in [6, 6.07) is 0. The maximum absolute atomic E-state index is 12.4. The fourth-order valence-electron chi connectivity index (χ4n) is 1.74. The number of esters is 1. The van der Waals surface area contributed by atoms with Crippen molar-refractivity contribution in [3.05, 3.63) is 17.1 Å². The van der Waals surface area contributed by atoms with Crippen LogP contribution in [-0.4, -0.2) is 53.2 Å². The lowest BCUT2D eigenvalue weighted by Crippen LogP contribution is -2.34. The van der Waals surface area contributed by atoms with Crippen molar-refractivity contribution in [2.24, 2.45) is 0 Å². The van der Waals surface area contributed by atoms with Crippen molar-refractivity contribution in [2.45, 2.75) is 25.8 Å². The van der Waals surface area contributed by atoms with Crippen LogP contribution in [0.15, 0.2) is 5.03 Å². The lowest BCUT2D eigenvalue weighted by Gasteiger charge is -2.18. The van der Waals surface area contributed by atoms with E-state index < -0.39 is 5.97 Å². The highest BCUT2D eigenvalue weighted by molar-refractivity contribution is 7.98. The van der Waals surface area contributed by atoms with Crippen LogP contribution < -0.4 is 0 Å². The third kappa shape index (κ3) is 3.93. The minimum absolute atomic E-state index is 0.0895. The maximum atomic E-state index is 12.4. The Labute approximate surface area is 122 Å². The molecule has 110 valence electrons. The average Bonchev–Trinajstić information content (AvgIpc) is 2.37. The number of rotatable bonds is 5. The molecule has 1 rings (SSSR count). The van der Waals surface area contributed by atoms with Gasteiger partial charge in [-0.25, -0.2) is 9.97 Å². The number of ether oxygens (including phenoxy) is 1. The van der Waals surface area contributed by atoms with Gasteiger partial charge in [0.1, 0.15) is 17.4 Å². The first-order chi connectivity index (χ1) is 9.40. The van der Waals surface area contributed by atoms with Crippen LogP contribution in [-0.2, 0) is 9.53 Å². The molecule has 1 heterocycles. The smallest absolute Gasteiger partial charge is 0.325 e. The lowest BCUT2D eigenvalue weighted by atomic mass is 10.2. The van der Waals surface area contributed by atoms with Gasteiger partial charge in [-0.3, -0.25) is 9.59 Å². The summed E-state index contributed by atoms with van der Waals surface area (Å²) in [5, 5.41) is 0.621. The van der Waals surface area contributed by atoms with Crippen molar-refractivity contribution in [1.29, 1.82) is 0 Å². The molecular formula is C13H19N3O3S. The van der Waals surface area contributed by atoms with Crippen LogP contribution in [0.2, 0.25) is 0 Å². The molecule has 0 aliphatic rings. The second kappa shape index (κ2) is 7.23. The Balaban J connectivity index is 3.00. The second-order valence-corrected chi connectivity index (χ2v) is 5.00. The number of likely N-dealkylation sites (N-methyl/N-ethyl adjacent to an activating group) is 1. The number of amides is 1. The molecule has 20 heavy (non-hydrogen) atoms. The van der Waals surface area contributed by atoms with Crippen molar-refractivity contribution >= 4 is 23.6 Å². The number of hydrogen-bond acceptors (Lipinski definition) is 6. The Morgan fingerprint density at radius 3 is 2.50 bits per heavy atom. The Bertz CT molecular complexity index is 520. The number of aromatic nitrogens is 2. The molecule has 0 N–H and O–H groups in total. The van der Waals surface area contributed by atoms with Crippen LogP contribution in [0.25, 0.3) is 0 Å². The molecule has 0 aliphatic heterocycles. The summed E-state index contributed by atoms with van der Waals surface area (Å²) >= 11 is 1.38. The second-order valence-electron chi connectivity index (χ2n) is 4.21. The molecule has 1 aromatic heterocycles. The summed E-state index contributed by atoms with van der Waals surface area (Å²) in [6.45, 7) is 5.48. The summed E-state index contributed by atoms with van der Waals surface area (Å²) in [4.78, 5) is 33.6. The normalized spacial score (nSPS) is 10.2. The first kappa shape index (κ1) is 16.4. The topological polar surface area (TPSA) is 72.4 Å². The van der Waals surface area contributed by atoms with Crippen LogP contribution in [0.3, 0.4) is 0 Å². The van der Waals surface area contributed by atoms with E-state index in [0.29, 0.717) is 28.7 Å². The van der Waals surface area contributed by atoms with Crippen molar-refractivity contribution in [3.63, 3.8) is 0 Å². The minimum Gasteiger partial charge on any atom is -0.465 e. The van der Waals surface area contributed by atoms with E-state index in [2.05, 4.69) is 9.97 Å². The molecule has 0 unspecified atom stereocenters. The SMILES string of the molecule is CCOC(=O)CN(C)C(=O)c1c(C)nc(C)nc1SC. The first-order valence-electron chi connectivity index (χ1n) is 6.21. The summed E-state index contributed by atoms with van der Waals surface area (Å²) in [5.74, 6) is -0.0870. The van der Waals surface area contributed by atoms with Gasteiger partial charge in [0.2, 0.25) is 0 Å². The van der Waals surface area contributed by atoms with Crippen molar-refractivity contribution < 1.29 is 14.3 Å². The Morgan fingerprint density at radius 1 is 1.30 bits per heavy atom. The zero-order valence-corrected chi connectivity index (χ0v) is 13.2. The van der Waals surface area contributed by atoms with Gasteiger partial charge in [0, 0.05) is 7.05 Å². The summed E-state index contributed by atoms with van der Waals surface area (Å²) in [5.41, 5.74) is 1.05. The van der Waals surface area contributed by atoms with E-state index in [4.69, 9.17) is 4.74 Å². The lowest BCUT2D eigenvalue weighted by molar-refractivity contribution is -0.143. The molecule has 7 heteroatoms. The number of nitrogens with zero attached hydrogens (tertiary/aromatic N) is 3. The Hall–Kier alpha value is -1.63. The number of carbonyl (C=O) groups excluding carboxylic acids is 2. The fraction of sp³-hybridized carbons (Fsp3) is 0.538. The summed E-state index contributed by atoms with van der Waals surface area (Å²) < 4.78 is 4.84. The van der Waals surface area contributed by atoms with E-state index in [0.717, 1.165) is 0 Å². The van der Waals surface area contributed by atoms with E-state index in [9.17, 15) is 9.59 Å². The van der Waals surface area contributed by atoms with E-state index in [-0.39, 0.29) is 12.5 Å². The molecule has 0 bridgehead atoms. The highest BCUT2D eigenvalue weighted by Crippen LogP contribution is 2.21. The average molecular weight is 297 g/mol. The zero-order valence-electron chi connectivity index (χ0n) is 12.4. The molecule has 0 radical (unpaired) electrons. The van der Waals surface area contributed by atoms with Crippen LogP contribution in [0.1, 0.15) is 28.8 Å². The number of hydrogen-bond donors (Lipinski definition) is 0. The highest BCUT2D eigenvalue weighted by atomic mass is 32.2.